The van der Waals surface area contributed by atoms with Crippen molar-refractivity contribution in [3.05, 3.63) is 54.9 Å². The summed E-state index contributed by atoms with van der Waals surface area (Å²) in [7, 11) is 1.58. The second-order valence-corrected chi connectivity index (χ2v) is 4.93. The van der Waals surface area contributed by atoms with Crippen molar-refractivity contribution in [2.45, 2.75) is 0 Å². The number of carbonyl (C=O) groups excluding carboxylic acids is 1. The zero-order chi connectivity index (χ0) is 16.8. The van der Waals surface area contributed by atoms with E-state index in [-0.39, 0.29) is 12.5 Å². The predicted octanol–water partition coefficient (Wildman–Crippen LogP) is 1.72. The molecule has 0 saturated heterocycles. The zero-order valence-corrected chi connectivity index (χ0v) is 13.0. The van der Waals surface area contributed by atoms with Gasteiger partial charge in [-0.2, -0.15) is 0 Å². The summed E-state index contributed by atoms with van der Waals surface area (Å²) >= 11 is 0. The number of hydrogen-bond acceptors (Lipinski definition) is 6. The fourth-order valence-corrected chi connectivity index (χ4v) is 2.10. The molecule has 0 aliphatic rings. The van der Waals surface area contributed by atoms with Crippen LogP contribution in [-0.2, 0) is 4.79 Å². The normalized spacial score (nSPS) is 10.2. The molecule has 24 heavy (non-hydrogen) atoms. The monoisotopic (exact) mass is 324 g/mol. The molecule has 122 valence electrons. The average Bonchev–Trinajstić information content (AvgIpc) is 3.15. The molecule has 0 fully saturated rings. The van der Waals surface area contributed by atoms with Crippen molar-refractivity contribution < 1.29 is 9.53 Å². The predicted molar refractivity (Wildman–Crippen MR) is 89.3 cm³/mol. The number of ether oxygens (including phenoxy) is 1. The van der Waals surface area contributed by atoms with E-state index in [1.807, 2.05) is 36.4 Å². The van der Waals surface area contributed by atoms with E-state index in [2.05, 4.69) is 26.2 Å². The lowest BCUT2D eigenvalue weighted by Crippen LogP contribution is -2.21. The standard InChI is InChI=1S/C16H16N6O2/c1-24-15-4-2-3-13(9-15)19-16(23)10-17-12-5-7-14(8-6-12)22-11-18-20-21-22/h2-9,11,17H,10H2,1H3,(H,19,23). The van der Waals surface area contributed by atoms with Gasteiger partial charge in [-0.1, -0.05) is 6.07 Å². The summed E-state index contributed by atoms with van der Waals surface area (Å²) in [5.41, 5.74) is 2.36. The number of amides is 1. The molecule has 0 aliphatic carbocycles. The largest absolute Gasteiger partial charge is 0.497 e. The van der Waals surface area contributed by atoms with Gasteiger partial charge in [0.1, 0.15) is 12.1 Å². The number of tetrazole rings is 1. The fraction of sp³-hybridized carbons (Fsp3) is 0.125. The first-order valence-electron chi connectivity index (χ1n) is 7.26. The molecule has 8 heteroatoms. The van der Waals surface area contributed by atoms with Crippen LogP contribution in [-0.4, -0.2) is 39.8 Å². The first-order valence-corrected chi connectivity index (χ1v) is 7.26. The van der Waals surface area contributed by atoms with Crippen molar-refractivity contribution in [3.63, 3.8) is 0 Å². The van der Waals surface area contributed by atoms with Gasteiger partial charge >= 0.3 is 0 Å². The van der Waals surface area contributed by atoms with Gasteiger partial charge in [-0.15, -0.1) is 5.10 Å². The molecule has 0 saturated carbocycles. The molecule has 0 unspecified atom stereocenters. The van der Waals surface area contributed by atoms with E-state index >= 15 is 0 Å². The molecule has 0 atom stereocenters. The molecule has 3 aromatic rings. The van der Waals surface area contributed by atoms with Crippen LogP contribution in [0.2, 0.25) is 0 Å². The maximum Gasteiger partial charge on any atom is 0.243 e. The Morgan fingerprint density at radius 2 is 2.00 bits per heavy atom. The number of hydrogen-bond donors (Lipinski definition) is 2. The van der Waals surface area contributed by atoms with E-state index in [0.29, 0.717) is 11.4 Å². The van der Waals surface area contributed by atoms with Crippen molar-refractivity contribution in [2.75, 3.05) is 24.3 Å². The van der Waals surface area contributed by atoms with Crippen LogP contribution in [0.4, 0.5) is 11.4 Å². The van der Waals surface area contributed by atoms with E-state index in [1.165, 1.54) is 6.33 Å². The molecule has 0 radical (unpaired) electrons. The summed E-state index contributed by atoms with van der Waals surface area (Å²) in [6.07, 6.45) is 1.52. The average molecular weight is 324 g/mol. The van der Waals surface area contributed by atoms with Gasteiger partial charge < -0.3 is 15.4 Å². The van der Waals surface area contributed by atoms with Crippen LogP contribution in [0, 0.1) is 0 Å². The lowest BCUT2D eigenvalue weighted by Gasteiger charge is -2.09. The Hall–Kier alpha value is -3.42. The van der Waals surface area contributed by atoms with Crippen LogP contribution >= 0.6 is 0 Å². The maximum atomic E-state index is 12.0. The Balaban J connectivity index is 1.54. The summed E-state index contributed by atoms with van der Waals surface area (Å²) in [6, 6.07) is 14.6. The number of rotatable bonds is 6. The van der Waals surface area contributed by atoms with Crippen LogP contribution in [0.1, 0.15) is 0 Å². The van der Waals surface area contributed by atoms with Crippen molar-refractivity contribution >= 4 is 17.3 Å². The molecule has 8 nitrogen and oxygen atoms in total. The Labute approximate surface area is 138 Å². The highest BCUT2D eigenvalue weighted by Crippen LogP contribution is 2.16. The van der Waals surface area contributed by atoms with Gasteiger partial charge in [0.15, 0.2) is 0 Å². The smallest absolute Gasteiger partial charge is 0.243 e. The molecule has 2 aromatic carbocycles. The highest BCUT2D eigenvalue weighted by atomic mass is 16.5. The van der Waals surface area contributed by atoms with Crippen LogP contribution < -0.4 is 15.4 Å². The van der Waals surface area contributed by atoms with Crippen LogP contribution in [0.15, 0.2) is 54.9 Å². The van der Waals surface area contributed by atoms with E-state index in [1.54, 1.807) is 23.9 Å². The second kappa shape index (κ2) is 7.23. The van der Waals surface area contributed by atoms with E-state index in [0.717, 1.165) is 11.4 Å². The molecule has 2 N–H and O–H groups in total. The quantitative estimate of drug-likeness (QED) is 0.717. The van der Waals surface area contributed by atoms with Gasteiger partial charge in [-0.05, 0) is 46.8 Å². The Bertz CT molecular complexity index is 802. The van der Waals surface area contributed by atoms with Gasteiger partial charge in [0.05, 0.1) is 19.3 Å². The Morgan fingerprint density at radius 1 is 1.17 bits per heavy atom. The van der Waals surface area contributed by atoms with Crippen molar-refractivity contribution in [1.29, 1.82) is 0 Å². The van der Waals surface area contributed by atoms with Crippen molar-refractivity contribution in [1.82, 2.24) is 20.2 Å². The lowest BCUT2D eigenvalue weighted by molar-refractivity contribution is -0.114. The summed E-state index contributed by atoms with van der Waals surface area (Å²) in [5.74, 6) is 0.548. The minimum Gasteiger partial charge on any atom is -0.497 e. The highest BCUT2D eigenvalue weighted by molar-refractivity contribution is 5.93. The number of nitrogens with zero attached hydrogens (tertiary/aromatic N) is 4. The second-order valence-electron chi connectivity index (χ2n) is 4.93. The Morgan fingerprint density at radius 3 is 2.71 bits per heavy atom. The fourth-order valence-electron chi connectivity index (χ4n) is 2.10. The van der Waals surface area contributed by atoms with Crippen molar-refractivity contribution in [3.8, 4) is 11.4 Å². The molecule has 0 spiro atoms. The maximum absolute atomic E-state index is 12.0. The third-order valence-corrected chi connectivity index (χ3v) is 3.29. The lowest BCUT2D eigenvalue weighted by atomic mass is 10.2. The first kappa shape index (κ1) is 15.5. The molecule has 1 amide bonds. The number of carbonyl (C=O) groups is 1. The number of benzene rings is 2. The third-order valence-electron chi connectivity index (χ3n) is 3.29. The summed E-state index contributed by atoms with van der Waals surface area (Å²) in [6.45, 7) is 0.154. The number of anilines is 2. The SMILES string of the molecule is COc1cccc(NC(=O)CNc2ccc(-n3cnnn3)cc2)c1. The number of aromatic nitrogens is 4. The van der Waals surface area contributed by atoms with Gasteiger partial charge in [0.2, 0.25) is 5.91 Å². The molecule has 1 aromatic heterocycles. The van der Waals surface area contributed by atoms with E-state index < -0.39 is 0 Å². The molecular weight excluding hydrogens is 308 g/mol. The van der Waals surface area contributed by atoms with Gasteiger partial charge in [-0.25, -0.2) is 4.68 Å². The van der Waals surface area contributed by atoms with Crippen LogP contribution in [0.3, 0.4) is 0 Å². The Kier molecular flexibility index (Phi) is 4.66. The molecular formula is C16H16N6O2. The molecule has 3 rings (SSSR count). The first-order chi connectivity index (χ1) is 11.7. The minimum absolute atomic E-state index is 0.146. The minimum atomic E-state index is -0.146. The van der Waals surface area contributed by atoms with Gasteiger partial charge in [0.25, 0.3) is 0 Å². The summed E-state index contributed by atoms with van der Waals surface area (Å²) in [5, 5.41) is 16.9. The topological polar surface area (TPSA) is 94.0 Å². The molecule has 0 bridgehead atoms. The van der Waals surface area contributed by atoms with Crippen LogP contribution in [0.25, 0.3) is 5.69 Å². The number of nitrogens with one attached hydrogen (secondary N) is 2. The third kappa shape index (κ3) is 3.86. The van der Waals surface area contributed by atoms with E-state index in [9.17, 15) is 4.79 Å². The van der Waals surface area contributed by atoms with Gasteiger partial charge in [0, 0.05) is 17.4 Å². The number of methoxy groups -OCH3 is 1. The van der Waals surface area contributed by atoms with Gasteiger partial charge in [-0.3, -0.25) is 4.79 Å². The summed E-state index contributed by atoms with van der Waals surface area (Å²) < 4.78 is 6.68. The summed E-state index contributed by atoms with van der Waals surface area (Å²) in [4.78, 5) is 12.0. The van der Waals surface area contributed by atoms with E-state index in [4.69, 9.17) is 4.74 Å². The van der Waals surface area contributed by atoms with Crippen molar-refractivity contribution in [2.24, 2.45) is 0 Å². The van der Waals surface area contributed by atoms with Crippen LogP contribution in [0.5, 0.6) is 5.75 Å². The zero-order valence-electron chi connectivity index (χ0n) is 13.0. The highest BCUT2D eigenvalue weighted by Gasteiger charge is 2.04. The molecule has 0 aliphatic heterocycles. The molecule has 1 heterocycles.